The van der Waals surface area contributed by atoms with Crippen molar-refractivity contribution < 1.29 is 12.9 Å². The van der Waals surface area contributed by atoms with Crippen LogP contribution >= 0.6 is 11.6 Å². The first kappa shape index (κ1) is 20.1. The maximum Gasteiger partial charge on any atom is 0.257 e. The van der Waals surface area contributed by atoms with E-state index in [1.807, 2.05) is 12.1 Å². The van der Waals surface area contributed by atoms with Crippen molar-refractivity contribution in [3.63, 3.8) is 0 Å². The van der Waals surface area contributed by atoms with E-state index in [1.54, 1.807) is 37.4 Å². The number of rotatable bonds is 6. The summed E-state index contributed by atoms with van der Waals surface area (Å²) >= 11 is 5.89. The van der Waals surface area contributed by atoms with E-state index < -0.39 is 10.0 Å². The number of halogens is 1. The van der Waals surface area contributed by atoms with Crippen LogP contribution in [0.4, 0.5) is 0 Å². The fraction of sp³-hybridized carbons (Fsp3) is 0.333. The Morgan fingerprint density at radius 1 is 1.07 bits per heavy atom. The quantitative estimate of drug-likeness (QED) is 0.586. The van der Waals surface area contributed by atoms with Crippen molar-refractivity contribution in [3.05, 3.63) is 64.4 Å². The van der Waals surface area contributed by atoms with Crippen molar-refractivity contribution in [2.24, 2.45) is 0 Å². The molecule has 1 aliphatic carbocycles. The van der Waals surface area contributed by atoms with Gasteiger partial charge in [-0.05, 0) is 73.2 Å². The van der Waals surface area contributed by atoms with E-state index in [2.05, 4.69) is 10.1 Å². The number of benzene rings is 2. The summed E-state index contributed by atoms with van der Waals surface area (Å²) in [4.78, 5) is 4.70. The molecular weight excluding hydrogens is 410 g/mol. The van der Waals surface area contributed by atoms with Gasteiger partial charge in [-0.15, -0.1) is 0 Å². The molecule has 0 saturated carbocycles. The third-order valence-electron chi connectivity index (χ3n) is 5.24. The highest BCUT2D eigenvalue weighted by Gasteiger charge is 2.23. The standard InChI is InChI=1S/C21H22ClN3O3S/c1-25(29(26,27)19-11-8-15-4-2-3-5-17(15)14-19)13-12-20-23-21(28-24-20)16-6-9-18(22)10-7-16/h6-11,14H,2-5,12-13H2,1H3. The lowest BCUT2D eigenvalue weighted by atomic mass is 9.92. The molecule has 0 bridgehead atoms. The SMILES string of the molecule is CN(CCc1noc(-c2ccc(Cl)cc2)n1)S(=O)(=O)c1ccc2c(c1)CCCC2. The lowest BCUT2D eigenvalue weighted by Gasteiger charge is -2.20. The van der Waals surface area contributed by atoms with Crippen molar-refractivity contribution in [2.45, 2.75) is 37.0 Å². The van der Waals surface area contributed by atoms with Crippen LogP contribution in [-0.4, -0.2) is 36.5 Å². The largest absolute Gasteiger partial charge is 0.334 e. The van der Waals surface area contributed by atoms with E-state index in [0.29, 0.717) is 28.1 Å². The molecule has 0 amide bonds. The summed E-state index contributed by atoms with van der Waals surface area (Å²) in [5.41, 5.74) is 3.18. The Hall–Kier alpha value is -2.22. The molecule has 4 rings (SSSR count). The maximum atomic E-state index is 12.9. The number of fused-ring (bicyclic) bond motifs is 1. The Bertz CT molecular complexity index is 1110. The summed E-state index contributed by atoms with van der Waals surface area (Å²) in [6.07, 6.45) is 4.61. The van der Waals surface area contributed by atoms with Gasteiger partial charge < -0.3 is 4.52 Å². The molecule has 1 aliphatic rings. The maximum absolute atomic E-state index is 12.9. The number of aromatic nitrogens is 2. The van der Waals surface area contributed by atoms with Crippen LogP contribution in [0.2, 0.25) is 5.02 Å². The molecule has 29 heavy (non-hydrogen) atoms. The Morgan fingerprint density at radius 3 is 2.55 bits per heavy atom. The molecular formula is C21H22ClN3O3S. The third kappa shape index (κ3) is 4.37. The molecule has 3 aromatic rings. The van der Waals surface area contributed by atoms with Crippen molar-refractivity contribution in [1.82, 2.24) is 14.4 Å². The molecule has 0 atom stereocenters. The predicted molar refractivity (Wildman–Crippen MR) is 111 cm³/mol. The van der Waals surface area contributed by atoms with Gasteiger partial charge in [-0.25, -0.2) is 12.7 Å². The fourth-order valence-corrected chi connectivity index (χ4v) is 4.84. The number of aryl methyl sites for hydroxylation is 2. The summed E-state index contributed by atoms with van der Waals surface area (Å²) in [6.45, 7) is 0.263. The van der Waals surface area contributed by atoms with Crippen molar-refractivity contribution in [1.29, 1.82) is 0 Å². The van der Waals surface area contributed by atoms with E-state index in [1.165, 1.54) is 16.3 Å². The number of likely N-dealkylation sites (N-methyl/N-ethyl adjacent to an activating group) is 1. The minimum absolute atomic E-state index is 0.263. The van der Waals surface area contributed by atoms with Gasteiger partial charge in [0.1, 0.15) is 0 Å². The molecule has 0 saturated heterocycles. The van der Waals surface area contributed by atoms with Crippen LogP contribution in [0.25, 0.3) is 11.5 Å². The molecule has 1 heterocycles. The molecule has 1 aromatic heterocycles. The van der Waals surface area contributed by atoms with Crippen LogP contribution in [0.5, 0.6) is 0 Å². The summed E-state index contributed by atoms with van der Waals surface area (Å²) in [5.74, 6) is 0.847. The van der Waals surface area contributed by atoms with Crippen molar-refractivity contribution in [3.8, 4) is 11.5 Å². The highest BCUT2D eigenvalue weighted by atomic mass is 35.5. The van der Waals surface area contributed by atoms with Crippen LogP contribution in [0, 0.1) is 0 Å². The molecule has 0 spiro atoms. The van der Waals surface area contributed by atoms with Crippen LogP contribution in [0.3, 0.4) is 0 Å². The average Bonchev–Trinajstić information content (AvgIpc) is 3.21. The smallest absolute Gasteiger partial charge is 0.257 e. The van der Waals surface area contributed by atoms with Gasteiger partial charge in [-0.3, -0.25) is 0 Å². The lowest BCUT2D eigenvalue weighted by molar-refractivity contribution is 0.415. The first-order valence-corrected chi connectivity index (χ1v) is 11.4. The number of nitrogens with zero attached hydrogens (tertiary/aromatic N) is 3. The molecule has 2 aromatic carbocycles. The van der Waals surface area contributed by atoms with Gasteiger partial charge >= 0.3 is 0 Å². The van der Waals surface area contributed by atoms with Gasteiger partial charge in [0, 0.05) is 30.6 Å². The summed E-state index contributed by atoms with van der Waals surface area (Å²) < 4.78 is 32.5. The van der Waals surface area contributed by atoms with Gasteiger partial charge in [0.05, 0.1) is 4.90 Å². The Labute approximate surface area is 175 Å². The van der Waals surface area contributed by atoms with Crippen LogP contribution < -0.4 is 0 Å². The number of hydrogen-bond acceptors (Lipinski definition) is 5. The first-order chi connectivity index (χ1) is 13.9. The zero-order valence-electron chi connectivity index (χ0n) is 16.1. The molecule has 152 valence electrons. The molecule has 0 fully saturated rings. The molecule has 0 aliphatic heterocycles. The summed E-state index contributed by atoms with van der Waals surface area (Å²) in [5, 5.41) is 4.59. The topological polar surface area (TPSA) is 76.3 Å². The average molecular weight is 432 g/mol. The van der Waals surface area contributed by atoms with Crippen LogP contribution in [-0.2, 0) is 29.3 Å². The van der Waals surface area contributed by atoms with E-state index in [-0.39, 0.29) is 6.54 Å². The van der Waals surface area contributed by atoms with Gasteiger partial charge in [-0.1, -0.05) is 22.8 Å². The Kier molecular flexibility index (Phi) is 5.72. The molecule has 6 nitrogen and oxygen atoms in total. The van der Waals surface area contributed by atoms with Gasteiger partial charge in [0.15, 0.2) is 5.82 Å². The van der Waals surface area contributed by atoms with E-state index >= 15 is 0 Å². The predicted octanol–water partition coefficient (Wildman–Crippen LogP) is 4.13. The molecule has 0 N–H and O–H groups in total. The zero-order valence-corrected chi connectivity index (χ0v) is 17.7. The molecule has 0 unspecified atom stereocenters. The van der Waals surface area contributed by atoms with Gasteiger partial charge in [0.25, 0.3) is 5.89 Å². The Balaban J connectivity index is 1.44. The highest BCUT2D eigenvalue weighted by molar-refractivity contribution is 7.89. The third-order valence-corrected chi connectivity index (χ3v) is 7.34. The number of sulfonamides is 1. The van der Waals surface area contributed by atoms with Gasteiger partial charge in [-0.2, -0.15) is 4.98 Å². The summed E-state index contributed by atoms with van der Waals surface area (Å²) in [7, 11) is -1.98. The number of hydrogen-bond donors (Lipinski definition) is 0. The minimum atomic E-state index is -3.56. The fourth-order valence-electron chi connectivity index (χ4n) is 3.49. The first-order valence-electron chi connectivity index (χ1n) is 9.60. The van der Waals surface area contributed by atoms with Crippen LogP contribution in [0.1, 0.15) is 29.8 Å². The highest BCUT2D eigenvalue weighted by Crippen LogP contribution is 2.25. The second-order valence-corrected chi connectivity index (χ2v) is 9.72. The van der Waals surface area contributed by atoms with E-state index in [0.717, 1.165) is 30.4 Å². The second kappa shape index (κ2) is 8.26. The zero-order chi connectivity index (χ0) is 20.4. The van der Waals surface area contributed by atoms with Crippen molar-refractivity contribution >= 4 is 21.6 Å². The minimum Gasteiger partial charge on any atom is -0.334 e. The monoisotopic (exact) mass is 431 g/mol. The summed E-state index contributed by atoms with van der Waals surface area (Å²) in [6, 6.07) is 12.6. The molecule has 8 heteroatoms. The second-order valence-electron chi connectivity index (χ2n) is 7.24. The van der Waals surface area contributed by atoms with E-state index in [9.17, 15) is 8.42 Å². The van der Waals surface area contributed by atoms with Gasteiger partial charge in [0.2, 0.25) is 10.0 Å². The normalized spacial score (nSPS) is 14.2. The van der Waals surface area contributed by atoms with E-state index in [4.69, 9.17) is 16.1 Å². The lowest BCUT2D eigenvalue weighted by Crippen LogP contribution is -2.29. The van der Waals surface area contributed by atoms with Crippen molar-refractivity contribution in [2.75, 3.05) is 13.6 Å². The Morgan fingerprint density at radius 2 is 1.79 bits per heavy atom. The van der Waals surface area contributed by atoms with Crippen LogP contribution in [0.15, 0.2) is 51.9 Å². The molecule has 0 radical (unpaired) electrons.